The van der Waals surface area contributed by atoms with Gasteiger partial charge >= 0.3 is 0 Å². The molecule has 8 heteroatoms. The first-order valence-corrected chi connectivity index (χ1v) is 8.63. The van der Waals surface area contributed by atoms with Crippen LogP contribution in [0.5, 0.6) is 5.88 Å². The Bertz CT molecular complexity index is 1060. The second-order valence-electron chi connectivity index (χ2n) is 6.02. The van der Waals surface area contributed by atoms with E-state index in [-0.39, 0.29) is 18.1 Å². The average Bonchev–Trinajstić information content (AvgIpc) is 3.19. The van der Waals surface area contributed by atoms with Crippen LogP contribution in [-0.2, 0) is 0 Å². The molecule has 0 radical (unpaired) electrons. The van der Waals surface area contributed by atoms with E-state index in [1.54, 1.807) is 0 Å². The molecule has 28 heavy (non-hydrogen) atoms. The second-order valence-corrected chi connectivity index (χ2v) is 6.02. The molecule has 1 aliphatic heterocycles. The summed E-state index contributed by atoms with van der Waals surface area (Å²) >= 11 is 0. The molecule has 0 spiro atoms. The number of hydrogen-bond acceptors (Lipinski definition) is 6. The number of carbonyl (C=O) groups is 1. The Balaban J connectivity index is 1.80. The molecule has 0 saturated carbocycles. The number of carbonyl (C=O) groups excluding carboxylic acids is 1. The van der Waals surface area contributed by atoms with Crippen LogP contribution < -0.4 is 15.6 Å². The zero-order valence-electron chi connectivity index (χ0n) is 15.2. The predicted octanol–water partition coefficient (Wildman–Crippen LogP) is 1.79. The Labute approximate surface area is 161 Å². The number of hydrazone groups is 1. The summed E-state index contributed by atoms with van der Waals surface area (Å²) in [4.78, 5) is 17.7. The zero-order valence-corrected chi connectivity index (χ0v) is 15.2. The third kappa shape index (κ3) is 3.11. The van der Waals surface area contributed by atoms with Gasteiger partial charge < -0.3 is 10.5 Å². The molecular formula is C20H18N6O2. The lowest BCUT2D eigenvalue weighted by Crippen LogP contribution is -2.38. The third-order valence-electron chi connectivity index (χ3n) is 4.28. The van der Waals surface area contributed by atoms with Gasteiger partial charge in [0.1, 0.15) is 11.3 Å². The SMILES string of the molecule is COc1c(C(N)=O)cnn1N1CN=C(c2ccccc2)C(c2ccccc2)=N1. The van der Waals surface area contributed by atoms with E-state index >= 15 is 0 Å². The first kappa shape index (κ1) is 17.5. The highest BCUT2D eigenvalue weighted by molar-refractivity contribution is 6.53. The van der Waals surface area contributed by atoms with Crippen molar-refractivity contribution in [3.05, 3.63) is 83.6 Å². The Morgan fingerprint density at radius 3 is 2.18 bits per heavy atom. The van der Waals surface area contributed by atoms with E-state index in [0.29, 0.717) is 5.71 Å². The Hall–Kier alpha value is -3.94. The largest absolute Gasteiger partial charge is 0.479 e. The second kappa shape index (κ2) is 7.36. The van der Waals surface area contributed by atoms with Crippen LogP contribution in [0.2, 0.25) is 0 Å². The fraction of sp³-hybridized carbons (Fsp3) is 0.100. The van der Waals surface area contributed by atoms with Crippen molar-refractivity contribution in [3.63, 3.8) is 0 Å². The fourth-order valence-corrected chi connectivity index (χ4v) is 2.97. The van der Waals surface area contributed by atoms with Crippen molar-refractivity contribution in [2.24, 2.45) is 15.8 Å². The quantitative estimate of drug-likeness (QED) is 0.736. The predicted molar refractivity (Wildman–Crippen MR) is 106 cm³/mol. The Morgan fingerprint density at radius 2 is 1.61 bits per heavy atom. The highest BCUT2D eigenvalue weighted by atomic mass is 16.5. The van der Waals surface area contributed by atoms with Gasteiger partial charge in [-0.15, -0.1) is 4.79 Å². The number of rotatable bonds is 5. The highest BCUT2D eigenvalue weighted by Crippen LogP contribution is 2.20. The van der Waals surface area contributed by atoms with E-state index in [1.807, 2.05) is 60.7 Å². The summed E-state index contributed by atoms with van der Waals surface area (Å²) in [5.41, 5.74) is 8.93. The van der Waals surface area contributed by atoms with Gasteiger partial charge in [0.15, 0.2) is 6.67 Å². The summed E-state index contributed by atoms with van der Waals surface area (Å²) < 4.78 is 5.32. The van der Waals surface area contributed by atoms with Gasteiger partial charge in [0.05, 0.1) is 19.0 Å². The number of ether oxygens (including phenoxy) is 1. The van der Waals surface area contributed by atoms with E-state index in [2.05, 4.69) is 5.10 Å². The van der Waals surface area contributed by atoms with Gasteiger partial charge in [0, 0.05) is 11.1 Å². The number of aliphatic imine (C=N–C) groups is 1. The monoisotopic (exact) mass is 374 g/mol. The molecule has 0 saturated heterocycles. The molecule has 0 bridgehead atoms. The normalized spacial score (nSPS) is 13.7. The van der Waals surface area contributed by atoms with Crippen LogP contribution in [0.1, 0.15) is 21.5 Å². The van der Waals surface area contributed by atoms with Crippen molar-refractivity contribution in [1.82, 2.24) is 9.89 Å². The van der Waals surface area contributed by atoms with Crippen LogP contribution in [0.25, 0.3) is 0 Å². The van der Waals surface area contributed by atoms with Gasteiger partial charge in [0.2, 0.25) is 5.88 Å². The topological polar surface area (TPSA) is 98.1 Å². The van der Waals surface area contributed by atoms with Crippen molar-refractivity contribution in [3.8, 4) is 5.88 Å². The van der Waals surface area contributed by atoms with Crippen LogP contribution in [0.15, 0.2) is 77.0 Å². The molecule has 2 heterocycles. The number of nitrogens with zero attached hydrogens (tertiary/aromatic N) is 5. The van der Waals surface area contributed by atoms with Gasteiger partial charge in [-0.2, -0.15) is 15.3 Å². The van der Waals surface area contributed by atoms with Gasteiger partial charge in [-0.1, -0.05) is 60.7 Å². The number of primary amides is 1. The highest BCUT2D eigenvalue weighted by Gasteiger charge is 2.25. The lowest BCUT2D eigenvalue weighted by molar-refractivity contribution is 0.0997. The molecule has 3 aromatic rings. The maximum Gasteiger partial charge on any atom is 0.255 e. The molecule has 0 aliphatic carbocycles. The molecule has 0 unspecified atom stereocenters. The summed E-state index contributed by atoms with van der Waals surface area (Å²) in [6, 6.07) is 19.6. The zero-order chi connectivity index (χ0) is 19.5. The van der Waals surface area contributed by atoms with Crippen molar-refractivity contribution in [2.75, 3.05) is 18.9 Å². The van der Waals surface area contributed by atoms with Gasteiger partial charge in [0.25, 0.3) is 5.91 Å². The fourth-order valence-electron chi connectivity index (χ4n) is 2.97. The number of hydrogen-bond donors (Lipinski definition) is 1. The first-order chi connectivity index (χ1) is 13.7. The Morgan fingerprint density at radius 1 is 1.00 bits per heavy atom. The van der Waals surface area contributed by atoms with Crippen LogP contribution in [0.4, 0.5) is 0 Å². The minimum atomic E-state index is -0.624. The molecule has 2 aromatic carbocycles. The smallest absolute Gasteiger partial charge is 0.255 e. The van der Waals surface area contributed by atoms with Crippen molar-refractivity contribution < 1.29 is 9.53 Å². The van der Waals surface area contributed by atoms with Crippen molar-refractivity contribution in [1.29, 1.82) is 0 Å². The number of aromatic nitrogens is 2. The van der Waals surface area contributed by atoms with Crippen molar-refractivity contribution in [2.45, 2.75) is 0 Å². The molecule has 1 aromatic heterocycles. The molecule has 8 nitrogen and oxygen atoms in total. The molecule has 0 fully saturated rings. The number of methoxy groups -OCH3 is 1. The van der Waals surface area contributed by atoms with Gasteiger partial charge in [-0.3, -0.25) is 9.79 Å². The lowest BCUT2D eigenvalue weighted by atomic mass is 9.99. The minimum absolute atomic E-state index is 0.178. The first-order valence-electron chi connectivity index (χ1n) is 8.63. The van der Waals surface area contributed by atoms with Crippen LogP contribution >= 0.6 is 0 Å². The molecule has 1 amide bonds. The summed E-state index contributed by atoms with van der Waals surface area (Å²) in [5.74, 6) is -0.414. The molecule has 4 rings (SSSR count). The molecule has 1 aliphatic rings. The van der Waals surface area contributed by atoms with Gasteiger partial charge in [-0.05, 0) is 0 Å². The maximum atomic E-state index is 11.6. The van der Waals surface area contributed by atoms with Crippen LogP contribution in [0.3, 0.4) is 0 Å². The summed E-state index contributed by atoms with van der Waals surface area (Å²) in [6.45, 7) is 0.205. The average molecular weight is 374 g/mol. The van der Waals surface area contributed by atoms with E-state index in [4.69, 9.17) is 20.6 Å². The standard InChI is InChI=1S/C20H18N6O2/c1-28-20-16(19(21)27)12-23-26(20)25-13-22-17(14-8-4-2-5-9-14)18(24-25)15-10-6-3-7-11-15/h2-12H,13H2,1H3,(H2,21,27). The van der Waals surface area contributed by atoms with E-state index in [0.717, 1.165) is 16.8 Å². The number of benzene rings is 2. The van der Waals surface area contributed by atoms with E-state index < -0.39 is 5.91 Å². The summed E-state index contributed by atoms with van der Waals surface area (Å²) in [6.07, 6.45) is 1.36. The lowest BCUT2D eigenvalue weighted by Gasteiger charge is -2.25. The third-order valence-corrected chi connectivity index (χ3v) is 4.28. The Kier molecular flexibility index (Phi) is 4.59. The molecular weight excluding hydrogens is 356 g/mol. The molecule has 0 atom stereocenters. The van der Waals surface area contributed by atoms with Crippen LogP contribution in [0, 0.1) is 0 Å². The van der Waals surface area contributed by atoms with E-state index in [1.165, 1.54) is 23.2 Å². The summed E-state index contributed by atoms with van der Waals surface area (Å²) in [5, 5.41) is 10.5. The minimum Gasteiger partial charge on any atom is -0.479 e. The van der Waals surface area contributed by atoms with Crippen molar-refractivity contribution >= 4 is 17.3 Å². The van der Waals surface area contributed by atoms with E-state index in [9.17, 15) is 4.79 Å². The number of amides is 1. The summed E-state index contributed by atoms with van der Waals surface area (Å²) in [7, 11) is 1.45. The maximum absolute atomic E-state index is 11.6. The molecule has 2 N–H and O–H groups in total. The number of nitrogens with two attached hydrogens (primary N) is 1. The molecule has 140 valence electrons. The van der Waals surface area contributed by atoms with Crippen LogP contribution in [-0.4, -0.2) is 41.0 Å². The van der Waals surface area contributed by atoms with Gasteiger partial charge in [-0.25, -0.2) is 0 Å².